The van der Waals surface area contributed by atoms with E-state index in [9.17, 15) is 9.90 Å². The van der Waals surface area contributed by atoms with Gasteiger partial charge in [-0.15, -0.1) is 0 Å². The third kappa shape index (κ3) is 3.90. The third-order valence-electron chi connectivity index (χ3n) is 3.76. The molecule has 4 nitrogen and oxygen atoms in total. The molecule has 1 aromatic carbocycles. The number of rotatable bonds is 4. The number of aliphatic hydroxyl groups excluding tert-OH is 1. The second-order valence-corrected chi connectivity index (χ2v) is 6.39. The molecular formula is C15H22N2O2S. The molecule has 20 heavy (non-hydrogen) atoms. The molecule has 2 amide bonds. The van der Waals surface area contributed by atoms with Crippen LogP contribution < -0.4 is 10.6 Å². The van der Waals surface area contributed by atoms with Gasteiger partial charge in [0.1, 0.15) is 0 Å². The molecule has 3 N–H and O–H groups in total. The molecule has 0 aromatic heterocycles. The quantitative estimate of drug-likeness (QED) is 0.799. The van der Waals surface area contributed by atoms with E-state index >= 15 is 0 Å². The van der Waals surface area contributed by atoms with Gasteiger partial charge in [0.2, 0.25) is 0 Å². The number of amides is 2. The predicted octanol–water partition coefficient (Wildman–Crippen LogP) is 3.15. The lowest BCUT2D eigenvalue weighted by Gasteiger charge is -2.17. The van der Waals surface area contributed by atoms with Gasteiger partial charge in [-0.2, -0.15) is 11.8 Å². The molecule has 0 bridgehead atoms. The van der Waals surface area contributed by atoms with E-state index in [0.717, 1.165) is 24.9 Å². The molecule has 3 atom stereocenters. The summed E-state index contributed by atoms with van der Waals surface area (Å²) in [5.41, 5.74) is 1.98. The van der Waals surface area contributed by atoms with Crippen LogP contribution in [0.2, 0.25) is 0 Å². The van der Waals surface area contributed by atoms with Gasteiger partial charge >= 0.3 is 6.03 Å². The SMILES string of the molecule is CS[C@H](C)c1cccc(NC(=O)N[C@H]2CCC[C@@H]2O)c1. The smallest absolute Gasteiger partial charge is 0.319 e. The largest absolute Gasteiger partial charge is 0.391 e. The van der Waals surface area contributed by atoms with Crippen molar-refractivity contribution >= 4 is 23.5 Å². The van der Waals surface area contributed by atoms with Crippen LogP contribution in [0.4, 0.5) is 10.5 Å². The van der Waals surface area contributed by atoms with Gasteiger partial charge in [0, 0.05) is 10.9 Å². The van der Waals surface area contributed by atoms with Crippen molar-refractivity contribution in [1.29, 1.82) is 0 Å². The van der Waals surface area contributed by atoms with E-state index in [4.69, 9.17) is 0 Å². The second kappa shape index (κ2) is 6.99. The Morgan fingerprint density at radius 1 is 1.45 bits per heavy atom. The summed E-state index contributed by atoms with van der Waals surface area (Å²) in [4.78, 5) is 11.9. The van der Waals surface area contributed by atoms with Crippen LogP contribution in [0.25, 0.3) is 0 Å². The minimum Gasteiger partial charge on any atom is -0.391 e. The van der Waals surface area contributed by atoms with Crippen molar-refractivity contribution in [3.8, 4) is 0 Å². The van der Waals surface area contributed by atoms with Crippen LogP contribution in [0.5, 0.6) is 0 Å². The topological polar surface area (TPSA) is 61.4 Å². The number of carbonyl (C=O) groups is 1. The molecule has 1 aromatic rings. The predicted molar refractivity (Wildman–Crippen MR) is 84.2 cm³/mol. The molecule has 0 heterocycles. The van der Waals surface area contributed by atoms with Crippen LogP contribution in [0, 0.1) is 0 Å². The maximum atomic E-state index is 11.9. The van der Waals surface area contributed by atoms with Crippen LogP contribution in [0.15, 0.2) is 24.3 Å². The Labute approximate surface area is 124 Å². The Hall–Kier alpha value is -1.20. The molecule has 5 heteroatoms. The third-order valence-corrected chi connectivity index (χ3v) is 4.74. The van der Waals surface area contributed by atoms with E-state index in [1.807, 2.05) is 18.2 Å². The Morgan fingerprint density at radius 3 is 2.90 bits per heavy atom. The van der Waals surface area contributed by atoms with Gasteiger partial charge in [-0.1, -0.05) is 12.1 Å². The first-order valence-corrected chi connectivity index (χ1v) is 8.27. The first-order valence-electron chi connectivity index (χ1n) is 6.98. The second-order valence-electron chi connectivity index (χ2n) is 5.21. The lowest BCUT2D eigenvalue weighted by Crippen LogP contribution is -2.42. The normalized spacial score (nSPS) is 23.4. The van der Waals surface area contributed by atoms with E-state index < -0.39 is 6.10 Å². The number of carbonyl (C=O) groups excluding carboxylic acids is 1. The zero-order valence-corrected chi connectivity index (χ0v) is 12.7. The number of aliphatic hydroxyl groups is 1. The van der Waals surface area contributed by atoms with Gasteiger partial charge in [-0.3, -0.25) is 0 Å². The standard InChI is InChI=1S/C15H22N2O2S/c1-10(20-2)11-5-3-6-12(9-11)16-15(19)17-13-7-4-8-14(13)18/h3,5-6,9-10,13-14,18H,4,7-8H2,1-2H3,(H2,16,17,19)/t10-,13+,14+/m1/s1. The fourth-order valence-corrected chi connectivity index (χ4v) is 2.87. The Balaban J connectivity index is 1.93. The van der Waals surface area contributed by atoms with Gasteiger partial charge in [0.15, 0.2) is 0 Å². The molecule has 0 spiro atoms. The number of urea groups is 1. The highest BCUT2D eigenvalue weighted by molar-refractivity contribution is 7.98. The molecular weight excluding hydrogens is 272 g/mol. The van der Waals surface area contributed by atoms with Gasteiger partial charge in [-0.05, 0) is 50.1 Å². The van der Waals surface area contributed by atoms with Crippen molar-refractivity contribution in [3.05, 3.63) is 29.8 Å². The molecule has 0 radical (unpaired) electrons. The summed E-state index contributed by atoms with van der Waals surface area (Å²) in [6.45, 7) is 2.14. The summed E-state index contributed by atoms with van der Waals surface area (Å²) < 4.78 is 0. The number of benzene rings is 1. The summed E-state index contributed by atoms with van der Waals surface area (Å²) >= 11 is 1.77. The van der Waals surface area contributed by atoms with Gasteiger partial charge in [0.05, 0.1) is 12.1 Å². The Morgan fingerprint density at radius 2 is 2.25 bits per heavy atom. The van der Waals surface area contributed by atoms with E-state index in [1.165, 1.54) is 5.56 Å². The van der Waals surface area contributed by atoms with Crippen molar-refractivity contribution in [2.75, 3.05) is 11.6 Å². The molecule has 0 saturated heterocycles. The van der Waals surface area contributed by atoms with Crippen LogP contribution in [-0.4, -0.2) is 29.5 Å². The lowest BCUT2D eigenvalue weighted by atomic mass is 10.1. The van der Waals surface area contributed by atoms with Crippen LogP contribution in [0.1, 0.15) is 37.0 Å². The number of thioether (sulfide) groups is 1. The minimum atomic E-state index is -0.413. The summed E-state index contributed by atoms with van der Waals surface area (Å²) in [5.74, 6) is 0. The van der Waals surface area contributed by atoms with Gasteiger partial charge < -0.3 is 15.7 Å². The monoisotopic (exact) mass is 294 g/mol. The van der Waals surface area contributed by atoms with E-state index in [2.05, 4.69) is 29.9 Å². The first kappa shape index (κ1) is 15.2. The summed E-state index contributed by atoms with van der Waals surface area (Å²) in [5, 5.41) is 15.8. The van der Waals surface area contributed by atoms with Crippen molar-refractivity contribution < 1.29 is 9.90 Å². The fraction of sp³-hybridized carbons (Fsp3) is 0.533. The number of hydrogen-bond donors (Lipinski definition) is 3. The number of nitrogens with one attached hydrogen (secondary N) is 2. The van der Waals surface area contributed by atoms with Gasteiger partial charge in [0.25, 0.3) is 0 Å². The fourth-order valence-electron chi connectivity index (χ4n) is 2.45. The summed E-state index contributed by atoms with van der Waals surface area (Å²) in [7, 11) is 0. The zero-order valence-electron chi connectivity index (χ0n) is 11.9. The molecule has 2 rings (SSSR count). The highest BCUT2D eigenvalue weighted by Gasteiger charge is 2.26. The maximum absolute atomic E-state index is 11.9. The van der Waals surface area contributed by atoms with Crippen LogP contribution >= 0.6 is 11.8 Å². The van der Waals surface area contributed by atoms with E-state index in [-0.39, 0.29) is 12.1 Å². The average molecular weight is 294 g/mol. The van der Waals surface area contributed by atoms with Crippen molar-refractivity contribution in [2.45, 2.75) is 43.6 Å². The molecule has 1 aliphatic carbocycles. The van der Waals surface area contributed by atoms with Crippen molar-refractivity contribution in [3.63, 3.8) is 0 Å². The molecule has 0 unspecified atom stereocenters. The highest BCUT2D eigenvalue weighted by atomic mass is 32.2. The molecule has 0 aliphatic heterocycles. The number of anilines is 1. The van der Waals surface area contributed by atoms with Crippen LogP contribution in [0.3, 0.4) is 0 Å². The lowest BCUT2D eigenvalue weighted by molar-refractivity contribution is 0.151. The summed E-state index contributed by atoms with van der Waals surface area (Å²) in [6, 6.07) is 7.51. The van der Waals surface area contributed by atoms with Crippen molar-refractivity contribution in [1.82, 2.24) is 5.32 Å². The number of hydrogen-bond acceptors (Lipinski definition) is 3. The Kier molecular flexibility index (Phi) is 5.31. The van der Waals surface area contributed by atoms with Crippen molar-refractivity contribution in [2.24, 2.45) is 0 Å². The maximum Gasteiger partial charge on any atom is 0.319 e. The minimum absolute atomic E-state index is 0.122. The Bertz CT molecular complexity index is 467. The average Bonchev–Trinajstić information content (AvgIpc) is 2.83. The first-order chi connectivity index (χ1) is 9.60. The van der Waals surface area contributed by atoms with Gasteiger partial charge in [-0.25, -0.2) is 4.79 Å². The molecule has 110 valence electrons. The van der Waals surface area contributed by atoms with E-state index in [0.29, 0.717) is 5.25 Å². The highest BCUT2D eigenvalue weighted by Crippen LogP contribution is 2.27. The molecule has 1 fully saturated rings. The summed E-state index contributed by atoms with van der Waals surface area (Å²) in [6.07, 6.45) is 4.24. The zero-order chi connectivity index (χ0) is 14.5. The van der Waals surface area contributed by atoms with E-state index in [1.54, 1.807) is 11.8 Å². The molecule has 1 saturated carbocycles. The molecule has 1 aliphatic rings. The van der Waals surface area contributed by atoms with Crippen LogP contribution in [-0.2, 0) is 0 Å².